The topological polar surface area (TPSA) is 47.1 Å². The second kappa shape index (κ2) is 3.71. The van der Waals surface area contributed by atoms with Gasteiger partial charge in [0, 0.05) is 31.4 Å². The second-order valence-corrected chi connectivity index (χ2v) is 3.97. The number of hydrogen-bond donors (Lipinski definition) is 1. The van der Waals surface area contributed by atoms with Crippen molar-refractivity contribution in [2.75, 3.05) is 13.1 Å². The Morgan fingerprint density at radius 2 is 2.43 bits per heavy atom. The molecule has 1 saturated heterocycles. The highest BCUT2D eigenvalue weighted by atomic mass is 15.3. The van der Waals surface area contributed by atoms with E-state index in [-0.39, 0.29) is 6.04 Å². The van der Waals surface area contributed by atoms with Crippen molar-refractivity contribution < 1.29 is 0 Å². The highest BCUT2D eigenvalue weighted by Gasteiger charge is 2.32. The molecule has 4 nitrogen and oxygen atoms in total. The van der Waals surface area contributed by atoms with Gasteiger partial charge in [0.25, 0.3) is 0 Å². The molecule has 0 aromatic carbocycles. The minimum absolute atomic E-state index is 0.263. The van der Waals surface area contributed by atoms with Crippen LogP contribution in [0.25, 0.3) is 0 Å². The summed E-state index contributed by atoms with van der Waals surface area (Å²) in [5, 5.41) is 4.20. The molecule has 2 N–H and O–H groups in total. The molecule has 4 heteroatoms. The molecule has 2 heterocycles. The van der Waals surface area contributed by atoms with Gasteiger partial charge in [-0.25, -0.2) is 0 Å². The first-order valence-electron chi connectivity index (χ1n) is 5.20. The Morgan fingerprint density at radius 3 is 3.00 bits per heavy atom. The molecule has 0 bridgehead atoms. The molecule has 0 amide bonds. The lowest BCUT2D eigenvalue weighted by atomic mass is 10.0. The van der Waals surface area contributed by atoms with Crippen LogP contribution in [-0.4, -0.2) is 33.8 Å². The third-order valence-electron chi connectivity index (χ3n) is 3.02. The van der Waals surface area contributed by atoms with E-state index in [1.165, 1.54) is 5.56 Å². The van der Waals surface area contributed by atoms with Crippen LogP contribution in [0.3, 0.4) is 0 Å². The Balaban J connectivity index is 2.22. The number of likely N-dealkylation sites (N-methyl/N-ethyl adjacent to an activating group) is 1. The molecule has 1 aromatic heterocycles. The van der Waals surface area contributed by atoms with Crippen LogP contribution in [0, 0.1) is 0 Å². The van der Waals surface area contributed by atoms with Gasteiger partial charge >= 0.3 is 0 Å². The highest BCUT2D eigenvalue weighted by Crippen LogP contribution is 2.30. The first-order valence-corrected chi connectivity index (χ1v) is 5.20. The van der Waals surface area contributed by atoms with Gasteiger partial charge in [0.15, 0.2) is 0 Å². The lowest BCUT2D eigenvalue weighted by Gasteiger charge is -2.24. The molecule has 0 radical (unpaired) electrons. The number of rotatable bonds is 2. The summed E-state index contributed by atoms with van der Waals surface area (Å²) in [4.78, 5) is 2.42. The van der Waals surface area contributed by atoms with Gasteiger partial charge in [0.1, 0.15) is 0 Å². The van der Waals surface area contributed by atoms with Crippen molar-refractivity contribution in [2.45, 2.75) is 25.4 Å². The van der Waals surface area contributed by atoms with Crippen molar-refractivity contribution in [1.82, 2.24) is 14.7 Å². The molecule has 0 aliphatic carbocycles. The van der Waals surface area contributed by atoms with E-state index in [0.717, 1.165) is 19.5 Å². The van der Waals surface area contributed by atoms with E-state index in [9.17, 15) is 0 Å². The van der Waals surface area contributed by atoms with Gasteiger partial charge < -0.3 is 5.73 Å². The standard InChI is InChI=1S/C10H18N4/c1-3-14-5-4-9(11)10(14)8-6-12-13(2)7-8/h6-7,9-10H,3-5,11H2,1-2H3. The molecule has 1 fully saturated rings. The Labute approximate surface area is 84.7 Å². The van der Waals surface area contributed by atoms with E-state index in [0.29, 0.717) is 6.04 Å². The van der Waals surface area contributed by atoms with Crippen LogP contribution in [0.2, 0.25) is 0 Å². The summed E-state index contributed by atoms with van der Waals surface area (Å²) in [6, 6.07) is 0.632. The molecule has 78 valence electrons. The maximum absolute atomic E-state index is 6.11. The van der Waals surface area contributed by atoms with Crippen molar-refractivity contribution in [1.29, 1.82) is 0 Å². The Hall–Kier alpha value is -0.870. The SMILES string of the molecule is CCN1CCC(N)C1c1cnn(C)c1. The van der Waals surface area contributed by atoms with Crippen molar-refractivity contribution in [3.63, 3.8) is 0 Å². The third-order valence-corrected chi connectivity index (χ3v) is 3.02. The largest absolute Gasteiger partial charge is 0.326 e. The van der Waals surface area contributed by atoms with Crippen molar-refractivity contribution >= 4 is 0 Å². The van der Waals surface area contributed by atoms with E-state index in [4.69, 9.17) is 5.73 Å². The molecule has 0 saturated carbocycles. The van der Waals surface area contributed by atoms with Gasteiger partial charge in [-0.05, 0) is 13.0 Å². The van der Waals surface area contributed by atoms with Gasteiger partial charge in [-0.1, -0.05) is 6.92 Å². The van der Waals surface area contributed by atoms with Crippen molar-refractivity contribution in [3.05, 3.63) is 18.0 Å². The summed E-state index contributed by atoms with van der Waals surface area (Å²) < 4.78 is 1.84. The van der Waals surface area contributed by atoms with E-state index >= 15 is 0 Å². The van der Waals surface area contributed by atoms with Crippen molar-refractivity contribution in [2.24, 2.45) is 12.8 Å². The van der Waals surface area contributed by atoms with E-state index in [1.807, 2.05) is 17.9 Å². The lowest BCUT2D eigenvalue weighted by molar-refractivity contribution is 0.261. The Morgan fingerprint density at radius 1 is 1.64 bits per heavy atom. The lowest BCUT2D eigenvalue weighted by Crippen LogP contribution is -2.31. The fraction of sp³-hybridized carbons (Fsp3) is 0.700. The number of aryl methyl sites for hydroxylation is 1. The highest BCUT2D eigenvalue weighted by molar-refractivity contribution is 5.15. The van der Waals surface area contributed by atoms with E-state index in [1.54, 1.807) is 0 Å². The molecule has 1 aromatic rings. The average Bonchev–Trinajstić information content (AvgIpc) is 2.71. The molecular formula is C10H18N4. The van der Waals surface area contributed by atoms with Crippen LogP contribution in [0.4, 0.5) is 0 Å². The summed E-state index contributed by atoms with van der Waals surface area (Å²) >= 11 is 0. The minimum Gasteiger partial charge on any atom is -0.326 e. The van der Waals surface area contributed by atoms with E-state index in [2.05, 4.69) is 23.1 Å². The van der Waals surface area contributed by atoms with E-state index < -0.39 is 0 Å². The first kappa shape index (κ1) is 9.68. The van der Waals surface area contributed by atoms with Crippen LogP contribution in [-0.2, 0) is 7.05 Å². The maximum Gasteiger partial charge on any atom is 0.0538 e. The molecule has 1 aliphatic heterocycles. The normalized spacial score (nSPS) is 28.5. The molecule has 2 rings (SSSR count). The van der Waals surface area contributed by atoms with Gasteiger partial charge in [-0.2, -0.15) is 5.10 Å². The summed E-state index contributed by atoms with van der Waals surface area (Å²) in [5.74, 6) is 0. The quantitative estimate of drug-likeness (QED) is 0.746. The molecule has 2 atom stereocenters. The predicted molar refractivity (Wildman–Crippen MR) is 55.8 cm³/mol. The van der Waals surface area contributed by atoms with Crippen molar-refractivity contribution in [3.8, 4) is 0 Å². The Kier molecular flexibility index (Phi) is 2.56. The molecule has 0 spiro atoms. The van der Waals surface area contributed by atoms with Gasteiger partial charge in [0.2, 0.25) is 0 Å². The summed E-state index contributed by atoms with van der Waals surface area (Å²) in [6.07, 6.45) is 5.09. The minimum atomic E-state index is 0.263. The maximum atomic E-state index is 6.11. The fourth-order valence-electron chi connectivity index (χ4n) is 2.29. The predicted octanol–water partition coefficient (Wildman–Crippen LogP) is 0.514. The monoisotopic (exact) mass is 194 g/mol. The summed E-state index contributed by atoms with van der Waals surface area (Å²) in [7, 11) is 1.94. The van der Waals surface area contributed by atoms with Crippen LogP contribution in [0.1, 0.15) is 24.9 Å². The van der Waals surface area contributed by atoms with Crippen LogP contribution < -0.4 is 5.73 Å². The van der Waals surface area contributed by atoms with Crippen LogP contribution in [0.5, 0.6) is 0 Å². The second-order valence-electron chi connectivity index (χ2n) is 3.97. The Bertz CT molecular complexity index is 307. The molecule has 2 unspecified atom stereocenters. The first-order chi connectivity index (χ1) is 6.72. The smallest absolute Gasteiger partial charge is 0.0538 e. The van der Waals surface area contributed by atoms with Gasteiger partial charge in [-0.3, -0.25) is 9.58 Å². The summed E-state index contributed by atoms with van der Waals surface area (Å²) in [6.45, 7) is 4.35. The zero-order chi connectivity index (χ0) is 10.1. The number of hydrogen-bond acceptors (Lipinski definition) is 3. The van der Waals surface area contributed by atoms with Gasteiger partial charge in [-0.15, -0.1) is 0 Å². The van der Waals surface area contributed by atoms with Crippen LogP contribution >= 0.6 is 0 Å². The summed E-state index contributed by atoms with van der Waals surface area (Å²) in [5.41, 5.74) is 7.36. The number of nitrogens with two attached hydrogens (primary N) is 1. The number of likely N-dealkylation sites (tertiary alicyclic amines) is 1. The van der Waals surface area contributed by atoms with Gasteiger partial charge in [0.05, 0.1) is 12.2 Å². The zero-order valence-corrected chi connectivity index (χ0v) is 8.85. The fourth-order valence-corrected chi connectivity index (χ4v) is 2.29. The number of aromatic nitrogens is 2. The molecule has 1 aliphatic rings. The molecule has 14 heavy (non-hydrogen) atoms. The zero-order valence-electron chi connectivity index (χ0n) is 8.85. The molecular weight excluding hydrogens is 176 g/mol. The number of nitrogens with zero attached hydrogens (tertiary/aromatic N) is 3. The third kappa shape index (κ3) is 1.55. The van der Waals surface area contributed by atoms with Crippen LogP contribution in [0.15, 0.2) is 12.4 Å². The average molecular weight is 194 g/mol.